The summed E-state index contributed by atoms with van der Waals surface area (Å²) in [5.41, 5.74) is 1.33. The minimum Gasteiger partial charge on any atom is -0.310 e. The van der Waals surface area contributed by atoms with Gasteiger partial charge in [0.1, 0.15) is 0 Å². The maximum absolute atomic E-state index is 4.93. The molecule has 0 radical (unpaired) electrons. The predicted octanol–water partition coefficient (Wildman–Crippen LogP) is 4.50. The Labute approximate surface area is 122 Å². The van der Waals surface area contributed by atoms with Crippen LogP contribution in [0, 0.1) is 5.92 Å². The van der Waals surface area contributed by atoms with Crippen molar-refractivity contribution in [3.05, 3.63) is 15.6 Å². The molecule has 0 atom stereocenters. The van der Waals surface area contributed by atoms with E-state index in [1.807, 2.05) is 11.3 Å². The number of nitrogens with zero attached hydrogens (tertiary/aromatic N) is 1. The van der Waals surface area contributed by atoms with Crippen molar-refractivity contribution in [3.63, 3.8) is 0 Å². The molecule has 0 amide bonds. The summed E-state index contributed by atoms with van der Waals surface area (Å²) in [5.74, 6) is 1.66. The summed E-state index contributed by atoms with van der Waals surface area (Å²) in [4.78, 5) is 6.40. The molecule has 0 unspecified atom stereocenters. The molecule has 0 bridgehead atoms. The maximum Gasteiger partial charge on any atom is 0.0962 e. The number of aromatic nitrogens is 1. The Hall–Kier alpha value is -0.410. The smallest absolute Gasteiger partial charge is 0.0962 e. The number of aryl methyl sites for hydroxylation is 1. The molecular weight excluding hydrogens is 252 g/mol. The van der Waals surface area contributed by atoms with Gasteiger partial charge in [-0.1, -0.05) is 40.5 Å². The highest BCUT2D eigenvalue weighted by atomic mass is 32.1. The summed E-state index contributed by atoms with van der Waals surface area (Å²) < 4.78 is 0. The highest BCUT2D eigenvalue weighted by Crippen LogP contribution is 2.38. The molecule has 0 aromatic carbocycles. The minimum absolute atomic E-state index is 0.547. The third kappa shape index (κ3) is 4.03. The molecule has 1 heterocycles. The Morgan fingerprint density at radius 2 is 1.95 bits per heavy atom. The zero-order chi connectivity index (χ0) is 13.8. The van der Waals surface area contributed by atoms with E-state index in [1.165, 1.54) is 41.3 Å². The van der Waals surface area contributed by atoms with E-state index in [9.17, 15) is 0 Å². The topological polar surface area (TPSA) is 24.9 Å². The van der Waals surface area contributed by atoms with Crippen LogP contribution >= 0.6 is 11.3 Å². The Kier molecular flexibility index (Phi) is 5.40. The molecule has 1 aliphatic rings. The first-order valence-corrected chi connectivity index (χ1v) is 8.63. The summed E-state index contributed by atoms with van der Waals surface area (Å²) in [6.45, 7) is 10.0. The zero-order valence-electron chi connectivity index (χ0n) is 12.8. The van der Waals surface area contributed by atoms with Crippen LogP contribution in [0.1, 0.15) is 74.9 Å². The van der Waals surface area contributed by atoms with E-state index in [4.69, 9.17) is 4.98 Å². The van der Waals surface area contributed by atoms with Crippen molar-refractivity contribution in [2.24, 2.45) is 5.92 Å². The van der Waals surface area contributed by atoms with Crippen LogP contribution in [-0.2, 0) is 13.0 Å². The van der Waals surface area contributed by atoms with E-state index in [-0.39, 0.29) is 0 Å². The molecule has 2 rings (SSSR count). The lowest BCUT2D eigenvalue weighted by Gasteiger charge is -2.24. The monoisotopic (exact) mass is 280 g/mol. The maximum atomic E-state index is 4.93. The Balaban J connectivity index is 2.05. The van der Waals surface area contributed by atoms with Crippen molar-refractivity contribution in [3.8, 4) is 0 Å². The van der Waals surface area contributed by atoms with Gasteiger partial charge in [0.25, 0.3) is 0 Å². The lowest BCUT2D eigenvalue weighted by molar-refractivity contribution is 0.347. The van der Waals surface area contributed by atoms with Crippen LogP contribution in [-0.4, -0.2) is 11.0 Å². The molecule has 2 nitrogen and oxygen atoms in total. The molecule has 0 saturated heterocycles. The van der Waals surface area contributed by atoms with Crippen LogP contribution in [0.2, 0.25) is 0 Å². The lowest BCUT2D eigenvalue weighted by atomic mass is 9.83. The largest absolute Gasteiger partial charge is 0.310 e. The van der Waals surface area contributed by atoms with Gasteiger partial charge in [0, 0.05) is 23.4 Å². The summed E-state index contributed by atoms with van der Waals surface area (Å²) in [7, 11) is 0. The van der Waals surface area contributed by atoms with Gasteiger partial charge in [-0.3, -0.25) is 0 Å². The number of hydrogen-bond donors (Lipinski definition) is 1. The Morgan fingerprint density at radius 1 is 1.26 bits per heavy atom. The second-order valence-corrected chi connectivity index (χ2v) is 7.38. The van der Waals surface area contributed by atoms with Crippen LogP contribution in [0.5, 0.6) is 0 Å². The average Bonchev–Trinajstić information content (AvgIpc) is 2.80. The highest BCUT2D eigenvalue weighted by Gasteiger charge is 2.23. The van der Waals surface area contributed by atoms with Crippen LogP contribution in [0.15, 0.2) is 0 Å². The lowest BCUT2D eigenvalue weighted by Crippen LogP contribution is -2.21. The van der Waals surface area contributed by atoms with Gasteiger partial charge in [-0.05, 0) is 25.2 Å². The Morgan fingerprint density at radius 3 is 2.53 bits per heavy atom. The standard InChI is InChI=1S/C16H28N2S/c1-5-14-15(10-17-11(2)3)19-16(18-14)13-8-6-12(4)7-9-13/h11-13,17H,5-10H2,1-4H3. The SMILES string of the molecule is CCc1nc(C2CCC(C)CC2)sc1CNC(C)C. The minimum atomic E-state index is 0.547. The van der Waals surface area contributed by atoms with Crippen LogP contribution < -0.4 is 5.32 Å². The molecule has 1 saturated carbocycles. The number of nitrogens with one attached hydrogen (secondary N) is 1. The molecule has 1 aliphatic carbocycles. The predicted molar refractivity (Wildman–Crippen MR) is 83.8 cm³/mol. The van der Waals surface area contributed by atoms with E-state index >= 15 is 0 Å². The molecule has 3 heteroatoms. The zero-order valence-corrected chi connectivity index (χ0v) is 13.6. The second-order valence-electron chi connectivity index (χ2n) is 6.27. The molecule has 1 aromatic rings. The average molecular weight is 280 g/mol. The first-order valence-electron chi connectivity index (χ1n) is 7.82. The highest BCUT2D eigenvalue weighted by molar-refractivity contribution is 7.11. The van der Waals surface area contributed by atoms with Gasteiger partial charge < -0.3 is 5.32 Å². The molecule has 19 heavy (non-hydrogen) atoms. The molecule has 0 aliphatic heterocycles. The molecular formula is C16H28N2S. The van der Waals surface area contributed by atoms with Gasteiger partial charge in [-0.2, -0.15) is 0 Å². The van der Waals surface area contributed by atoms with E-state index in [1.54, 1.807) is 0 Å². The summed E-state index contributed by atoms with van der Waals surface area (Å²) in [6.07, 6.45) is 6.51. The molecule has 108 valence electrons. The number of rotatable bonds is 5. The third-order valence-corrected chi connectivity index (χ3v) is 5.43. The van der Waals surface area contributed by atoms with Crippen molar-refractivity contribution < 1.29 is 0 Å². The van der Waals surface area contributed by atoms with E-state index in [0.717, 1.165) is 24.8 Å². The van der Waals surface area contributed by atoms with Gasteiger partial charge in [-0.25, -0.2) is 4.98 Å². The van der Waals surface area contributed by atoms with E-state index in [0.29, 0.717) is 6.04 Å². The van der Waals surface area contributed by atoms with Crippen molar-refractivity contribution in [2.45, 2.75) is 78.3 Å². The van der Waals surface area contributed by atoms with Crippen molar-refractivity contribution >= 4 is 11.3 Å². The fourth-order valence-electron chi connectivity index (χ4n) is 2.80. The summed E-state index contributed by atoms with van der Waals surface area (Å²) in [5, 5.41) is 4.94. The van der Waals surface area contributed by atoms with Gasteiger partial charge in [0.2, 0.25) is 0 Å². The summed E-state index contributed by atoms with van der Waals surface area (Å²) >= 11 is 1.96. The molecule has 1 aromatic heterocycles. The van der Waals surface area contributed by atoms with Crippen LogP contribution in [0.25, 0.3) is 0 Å². The van der Waals surface area contributed by atoms with Crippen molar-refractivity contribution in [2.75, 3.05) is 0 Å². The molecule has 1 fully saturated rings. The number of hydrogen-bond acceptors (Lipinski definition) is 3. The summed E-state index contributed by atoms with van der Waals surface area (Å²) in [6, 6.07) is 0.547. The second kappa shape index (κ2) is 6.85. The molecule has 0 spiro atoms. The van der Waals surface area contributed by atoms with E-state index < -0.39 is 0 Å². The van der Waals surface area contributed by atoms with Gasteiger partial charge in [0.15, 0.2) is 0 Å². The number of thiazole rings is 1. The van der Waals surface area contributed by atoms with Gasteiger partial charge in [0.05, 0.1) is 10.7 Å². The van der Waals surface area contributed by atoms with Crippen LogP contribution in [0.3, 0.4) is 0 Å². The fourth-order valence-corrected chi connectivity index (χ4v) is 4.07. The first kappa shape index (κ1) is 15.0. The Bertz CT molecular complexity index is 389. The van der Waals surface area contributed by atoms with Crippen LogP contribution in [0.4, 0.5) is 0 Å². The van der Waals surface area contributed by atoms with Crippen molar-refractivity contribution in [1.29, 1.82) is 0 Å². The first-order chi connectivity index (χ1) is 9.10. The normalized spacial score (nSPS) is 24.1. The third-order valence-electron chi connectivity index (χ3n) is 4.17. The fraction of sp³-hybridized carbons (Fsp3) is 0.812. The van der Waals surface area contributed by atoms with Crippen molar-refractivity contribution in [1.82, 2.24) is 10.3 Å². The van der Waals surface area contributed by atoms with E-state index in [2.05, 4.69) is 33.0 Å². The van der Waals surface area contributed by atoms with Gasteiger partial charge >= 0.3 is 0 Å². The van der Waals surface area contributed by atoms with Gasteiger partial charge in [-0.15, -0.1) is 11.3 Å². The molecule has 1 N–H and O–H groups in total. The quantitative estimate of drug-likeness (QED) is 0.859.